The molecule has 1 heterocycles. The molecular weight excluding hydrogens is 267 g/mol. The van der Waals surface area contributed by atoms with Crippen LogP contribution in [0, 0.1) is 11.3 Å². The lowest BCUT2D eigenvalue weighted by molar-refractivity contribution is -0.137. The van der Waals surface area contributed by atoms with E-state index in [1.165, 1.54) is 12.1 Å². The number of halogens is 3. The summed E-state index contributed by atoms with van der Waals surface area (Å²) in [6.45, 7) is 0.409. The zero-order valence-electron chi connectivity index (χ0n) is 10.7. The average molecular weight is 279 g/mol. The summed E-state index contributed by atoms with van der Waals surface area (Å²) < 4.78 is 40.3. The minimum atomic E-state index is -4.53. The molecule has 0 aliphatic carbocycles. The van der Waals surface area contributed by atoms with Crippen molar-refractivity contribution in [2.24, 2.45) is 7.05 Å². The molecule has 20 heavy (non-hydrogen) atoms. The molecule has 3 nitrogen and oxygen atoms in total. The number of benzene rings is 1. The van der Waals surface area contributed by atoms with E-state index in [0.29, 0.717) is 12.2 Å². The van der Waals surface area contributed by atoms with Crippen molar-refractivity contribution >= 4 is 5.69 Å². The SMILES string of the molecule is Cn1cccc1CNc1ccc(C#N)c(C(F)(F)F)c1. The first-order valence-corrected chi connectivity index (χ1v) is 5.87. The number of hydrogen-bond acceptors (Lipinski definition) is 2. The fourth-order valence-corrected chi connectivity index (χ4v) is 1.86. The number of hydrogen-bond donors (Lipinski definition) is 1. The maximum atomic E-state index is 12.8. The lowest BCUT2D eigenvalue weighted by atomic mass is 10.1. The molecule has 0 fully saturated rings. The second kappa shape index (κ2) is 5.29. The third-order valence-corrected chi connectivity index (χ3v) is 2.97. The highest BCUT2D eigenvalue weighted by Gasteiger charge is 2.33. The number of rotatable bonds is 3. The molecule has 0 bridgehead atoms. The van der Waals surface area contributed by atoms with E-state index >= 15 is 0 Å². The summed E-state index contributed by atoms with van der Waals surface area (Å²) in [5.41, 5.74) is -0.0146. The molecule has 0 atom stereocenters. The standard InChI is InChI=1S/C14H12F3N3/c1-20-6-2-3-12(20)9-19-11-5-4-10(8-18)13(7-11)14(15,16)17/h2-7,19H,9H2,1H3. The van der Waals surface area contributed by atoms with Crippen molar-refractivity contribution in [1.29, 1.82) is 5.26 Å². The van der Waals surface area contributed by atoms with Crippen LogP contribution in [0.2, 0.25) is 0 Å². The molecule has 0 unspecified atom stereocenters. The predicted octanol–water partition coefficient (Wildman–Crippen LogP) is 3.53. The monoisotopic (exact) mass is 279 g/mol. The molecular formula is C14H12F3N3. The van der Waals surface area contributed by atoms with Gasteiger partial charge in [-0.3, -0.25) is 0 Å². The Morgan fingerprint density at radius 2 is 2.05 bits per heavy atom. The maximum absolute atomic E-state index is 12.8. The van der Waals surface area contributed by atoms with Gasteiger partial charge in [-0.1, -0.05) is 0 Å². The summed E-state index contributed by atoms with van der Waals surface area (Å²) in [6.07, 6.45) is -2.68. The van der Waals surface area contributed by atoms with Crippen molar-refractivity contribution in [2.75, 3.05) is 5.32 Å². The van der Waals surface area contributed by atoms with Crippen LogP contribution in [-0.2, 0) is 19.8 Å². The van der Waals surface area contributed by atoms with Crippen LogP contribution in [0.4, 0.5) is 18.9 Å². The molecule has 1 aromatic heterocycles. The van der Waals surface area contributed by atoms with Gasteiger partial charge in [-0.25, -0.2) is 0 Å². The number of aromatic nitrogens is 1. The van der Waals surface area contributed by atoms with Crippen LogP contribution in [0.1, 0.15) is 16.8 Å². The molecule has 0 aliphatic heterocycles. The van der Waals surface area contributed by atoms with Crippen molar-refractivity contribution in [3.8, 4) is 6.07 Å². The van der Waals surface area contributed by atoms with Gasteiger partial charge in [0, 0.05) is 24.6 Å². The van der Waals surface area contributed by atoms with Crippen LogP contribution in [0.5, 0.6) is 0 Å². The Morgan fingerprint density at radius 1 is 1.30 bits per heavy atom. The normalized spacial score (nSPS) is 11.2. The first-order chi connectivity index (χ1) is 9.41. The molecule has 1 N–H and O–H groups in total. The summed E-state index contributed by atoms with van der Waals surface area (Å²) in [4.78, 5) is 0. The number of aryl methyl sites for hydroxylation is 1. The summed E-state index contributed by atoms with van der Waals surface area (Å²) in [6, 6.07) is 8.90. The Labute approximate surface area is 114 Å². The number of nitriles is 1. The van der Waals surface area contributed by atoms with Gasteiger partial charge >= 0.3 is 6.18 Å². The van der Waals surface area contributed by atoms with Crippen LogP contribution in [0.15, 0.2) is 36.5 Å². The van der Waals surface area contributed by atoms with E-state index in [4.69, 9.17) is 5.26 Å². The van der Waals surface area contributed by atoms with Gasteiger partial charge < -0.3 is 9.88 Å². The van der Waals surface area contributed by atoms with Crippen LogP contribution < -0.4 is 5.32 Å². The van der Waals surface area contributed by atoms with Crippen LogP contribution in [0.3, 0.4) is 0 Å². The van der Waals surface area contributed by atoms with Gasteiger partial charge in [0.05, 0.1) is 23.7 Å². The van der Waals surface area contributed by atoms with Gasteiger partial charge in [-0.15, -0.1) is 0 Å². The lowest BCUT2D eigenvalue weighted by Crippen LogP contribution is -2.10. The summed E-state index contributed by atoms with van der Waals surface area (Å²) in [5.74, 6) is 0. The molecule has 1 aromatic carbocycles. The van der Waals surface area contributed by atoms with Crippen molar-refractivity contribution < 1.29 is 13.2 Å². The summed E-state index contributed by atoms with van der Waals surface area (Å²) >= 11 is 0. The topological polar surface area (TPSA) is 40.8 Å². The van der Waals surface area contributed by atoms with E-state index < -0.39 is 11.7 Å². The molecule has 0 spiro atoms. The van der Waals surface area contributed by atoms with Gasteiger partial charge in [0.1, 0.15) is 0 Å². The third kappa shape index (κ3) is 2.94. The van der Waals surface area contributed by atoms with E-state index in [2.05, 4.69) is 5.32 Å². The second-order valence-electron chi connectivity index (χ2n) is 4.33. The Kier molecular flexibility index (Phi) is 3.70. The molecule has 2 aromatic rings. The largest absolute Gasteiger partial charge is 0.417 e. The lowest BCUT2D eigenvalue weighted by Gasteiger charge is -2.12. The number of anilines is 1. The average Bonchev–Trinajstić information content (AvgIpc) is 2.80. The van der Waals surface area contributed by atoms with E-state index in [-0.39, 0.29) is 5.56 Å². The highest BCUT2D eigenvalue weighted by molar-refractivity contribution is 5.53. The molecule has 0 radical (unpaired) electrons. The highest BCUT2D eigenvalue weighted by Crippen LogP contribution is 2.33. The molecule has 0 saturated carbocycles. The maximum Gasteiger partial charge on any atom is 0.417 e. The van der Waals surface area contributed by atoms with Gasteiger partial charge in [0.2, 0.25) is 0 Å². The predicted molar refractivity (Wildman–Crippen MR) is 68.9 cm³/mol. The highest BCUT2D eigenvalue weighted by atomic mass is 19.4. The molecule has 104 valence electrons. The van der Waals surface area contributed by atoms with Crippen molar-refractivity contribution in [3.63, 3.8) is 0 Å². The first-order valence-electron chi connectivity index (χ1n) is 5.87. The van der Waals surface area contributed by atoms with Crippen LogP contribution >= 0.6 is 0 Å². The van der Waals surface area contributed by atoms with Crippen molar-refractivity contribution in [1.82, 2.24) is 4.57 Å². The van der Waals surface area contributed by atoms with E-state index in [0.717, 1.165) is 11.8 Å². The molecule has 0 aliphatic rings. The summed E-state index contributed by atoms with van der Waals surface area (Å²) in [5, 5.41) is 11.6. The van der Waals surface area contributed by atoms with Crippen LogP contribution in [0.25, 0.3) is 0 Å². The zero-order valence-corrected chi connectivity index (χ0v) is 10.7. The van der Waals surface area contributed by atoms with Gasteiger partial charge in [0.25, 0.3) is 0 Å². The third-order valence-electron chi connectivity index (χ3n) is 2.97. The Hall–Kier alpha value is -2.42. The fourth-order valence-electron chi connectivity index (χ4n) is 1.86. The Bertz CT molecular complexity index is 650. The van der Waals surface area contributed by atoms with Crippen LogP contribution in [-0.4, -0.2) is 4.57 Å². The minimum absolute atomic E-state index is 0.331. The quantitative estimate of drug-likeness (QED) is 0.933. The van der Waals surface area contributed by atoms with E-state index in [1.54, 1.807) is 6.07 Å². The molecule has 2 rings (SSSR count). The number of nitrogens with zero attached hydrogens (tertiary/aromatic N) is 2. The fraction of sp³-hybridized carbons (Fsp3) is 0.214. The minimum Gasteiger partial charge on any atom is -0.379 e. The molecule has 6 heteroatoms. The van der Waals surface area contributed by atoms with Crippen molar-refractivity contribution in [3.05, 3.63) is 53.3 Å². The van der Waals surface area contributed by atoms with E-state index in [1.807, 2.05) is 29.9 Å². The van der Waals surface area contributed by atoms with Crippen molar-refractivity contribution in [2.45, 2.75) is 12.7 Å². The second-order valence-corrected chi connectivity index (χ2v) is 4.33. The van der Waals surface area contributed by atoms with E-state index in [9.17, 15) is 13.2 Å². The Morgan fingerprint density at radius 3 is 2.60 bits per heavy atom. The zero-order chi connectivity index (χ0) is 14.8. The van der Waals surface area contributed by atoms with Gasteiger partial charge in [-0.05, 0) is 30.3 Å². The van der Waals surface area contributed by atoms with Gasteiger partial charge in [0.15, 0.2) is 0 Å². The number of alkyl halides is 3. The molecule has 0 amide bonds. The number of nitrogens with one attached hydrogen (secondary N) is 1. The first kappa shape index (κ1) is 14.0. The smallest absolute Gasteiger partial charge is 0.379 e. The van der Waals surface area contributed by atoms with Gasteiger partial charge in [-0.2, -0.15) is 18.4 Å². The summed E-state index contributed by atoms with van der Waals surface area (Å²) in [7, 11) is 1.86. The molecule has 0 saturated heterocycles. The Balaban J connectivity index is 2.22.